The molecule has 0 unspecified atom stereocenters. The van der Waals surface area contributed by atoms with Gasteiger partial charge in [-0.05, 0) is 24.3 Å². The van der Waals surface area contributed by atoms with Crippen molar-refractivity contribution in [2.45, 2.75) is 0 Å². The molecular formula is C14H12BrNO3. The average molecular weight is 322 g/mol. The number of hydrogen-bond acceptors (Lipinski definition) is 3. The number of hydrogen-bond donors (Lipinski definition) is 2. The Labute approximate surface area is 119 Å². The Morgan fingerprint density at radius 3 is 2.68 bits per heavy atom. The molecule has 0 saturated heterocycles. The lowest BCUT2D eigenvalue weighted by atomic mass is 10.2. The van der Waals surface area contributed by atoms with E-state index in [0.29, 0.717) is 11.4 Å². The molecule has 4 nitrogen and oxygen atoms in total. The van der Waals surface area contributed by atoms with Gasteiger partial charge in [0, 0.05) is 16.2 Å². The number of phenolic OH excluding ortho intramolecular Hbond substituents is 1. The highest BCUT2D eigenvalue weighted by Gasteiger charge is 2.11. The first-order valence-corrected chi connectivity index (χ1v) is 6.33. The van der Waals surface area contributed by atoms with E-state index in [-0.39, 0.29) is 17.2 Å². The lowest BCUT2D eigenvalue weighted by Crippen LogP contribution is -2.12. The van der Waals surface area contributed by atoms with Crippen LogP contribution in [0.15, 0.2) is 46.9 Å². The summed E-state index contributed by atoms with van der Waals surface area (Å²) in [5.41, 5.74) is 0.806. The Hall–Kier alpha value is -2.01. The van der Waals surface area contributed by atoms with Crippen LogP contribution in [0.25, 0.3) is 0 Å². The van der Waals surface area contributed by atoms with Gasteiger partial charge in [-0.2, -0.15) is 0 Å². The molecule has 0 spiro atoms. The van der Waals surface area contributed by atoms with Gasteiger partial charge in [0.1, 0.15) is 11.5 Å². The maximum absolute atomic E-state index is 12.0. The van der Waals surface area contributed by atoms with Crippen LogP contribution in [0.3, 0.4) is 0 Å². The van der Waals surface area contributed by atoms with Crippen LogP contribution in [-0.2, 0) is 0 Å². The summed E-state index contributed by atoms with van der Waals surface area (Å²) in [6, 6.07) is 11.6. The third-order valence-electron chi connectivity index (χ3n) is 2.51. The molecule has 19 heavy (non-hydrogen) atoms. The predicted molar refractivity (Wildman–Crippen MR) is 76.8 cm³/mol. The standard InChI is InChI=1S/C14H12BrNO3/c1-19-11-7-9(15)6-10(8-11)16-14(18)12-4-2-3-5-13(12)17/h2-8,17H,1H3,(H,16,18). The van der Waals surface area contributed by atoms with Crippen molar-refractivity contribution in [1.82, 2.24) is 0 Å². The third kappa shape index (κ3) is 3.26. The van der Waals surface area contributed by atoms with Crippen LogP contribution in [0.2, 0.25) is 0 Å². The van der Waals surface area contributed by atoms with Crippen LogP contribution in [0.5, 0.6) is 11.5 Å². The van der Waals surface area contributed by atoms with E-state index in [9.17, 15) is 9.90 Å². The van der Waals surface area contributed by atoms with Crippen molar-refractivity contribution in [1.29, 1.82) is 0 Å². The molecule has 0 aliphatic carbocycles. The van der Waals surface area contributed by atoms with Crippen molar-refractivity contribution in [3.05, 3.63) is 52.5 Å². The molecule has 2 aromatic carbocycles. The molecule has 98 valence electrons. The fourth-order valence-electron chi connectivity index (χ4n) is 1.62. The molecule has 0 saturated carbocycles. The summed E-state index contributed by atoms with van der Waals surface area (Å²) in [6.07, 6.45) is 0. The number of benzene rings is 2. The van der Waals surface area contributed by atoms with Gasteiger partial charge in [0.2, 0.25) is 0 Å². The summed E-state index contributed by atoms with van der Waals surface area (Å²) in [6.45, 7) is 0. The summed E-state index contributed by atoms with van der Waals surface area (Å²) < 4.78 is 5.91. The first kappa shape index (κ1) is 13.4. The third-order valence-corrected chi connectivity index (χ3v) is 2.97. The largest absolute Gasteiger partial charge is 0.507 e. The molecule has 2 N–H and O–H groups in total. The minimum absolute atomic E-state index is 0.0537. The number of carbonyl (C=O) groups excluding carboxylic acids is 1. The Morgan fingerprint density at radius 2 is 2.00 bits per heavy atom. The van der Waals surface area contributed by atoms with Gasteiger partial charge in [-0.3, -0.25) is 4.79 Å². The number of aromatic hydroxyl groups is 1. The molecular weight excluding hydrogens is 310 g/mol. The van der Waals surface area contributed by atoms with Gasteiger partial charge in [0.15, 0.2) is 0 Å². The molecule has 2 aromatic rings. The second kappa shape index (κ2) is 5.75. The van der Waals surface area contributed by atoms with E-state index in [1.807, 2.05) is 0 Å². The van der Waals surface area contributed by atoms with Gasteiger partial charge in [0.05, 0.1) is 12.7 Å². The maximum atomic E-state index is 12.0. The van der Waals surface area contributed by atoms with Crippen LogP contribution in [0.4, 0.5) is 5.69 Å². The highest BCUT2D eigenvalue weighted by molar-refractivity contribution is 9.10. The van der Waals surface area contributed by atoms with E-state index in [1.54, 1.807) is 43.5 Å². The van der Waals surface area contributed by atoms with Crippen LogP contribution < -0.4 is 10.1 Å². The molecule has 5 heteroatoms. The van der Waals surface area contributed by atoms with E-state index in [2.05, 4.69) is 21.2 Å². The average Bonchev–Trinajstić information content (AvgIpc) is 2.38. The lowest BCUT2D eigenvalue weighted by molar-refractivity contribution is 0.102. The second-order valence-corrected chi connectivity index (χ2v) is 4.77. The summed E-state index contributed by atoms with van der Waals surface area (Å²) in [5.74, 6) is 0.196. The molecule has 0 radical (unpaired) electrons. The molecule has 0 heterocycles. The van der Waals surface area contributed by atoms with E-state index in [0.717, 1.165) is 4.47 Å². The van der Waals surface area contributed by atoms with E-state index in [4.69, 9.17) is 4.74 Å². The van der Waals surface area contributed by atoms with Gasteiger partial charge in [-0.15, -0.1) is 0 Å². The van der Waals surface area contributed by atoms with Crippen molar-refractivity contribution in [2.24, 2.45) is 0 Å². The SMILES string of the molecule is COc1cc(Br)cc(NC(=O)c2ccccc2O)c1. The number of methoxy groups -OCH3 is 1. The van der Waals surface area contributed by atoms with Crippen molar-refractivity contribution in [3.63, 3.8) is 0 Å². The van der Waals surface area contributed by atoms with Crippen LogP contribution in [-0.4, -0.2) is 18.1 Å². The van der Waals surface area contributed by atoms with Gasteiger partial charge in [0.25, 0.3) is 5.91 Å². The fourth-order valence-corrected chi connectivity index (χ4v) is 2.09. The minimum atomic E-state index is -0.377. The molecule has 2 rings (SSSR count). The molecule has 0 atom stereocenters. The topological polar surface area (TPSA) is 58.6 Å². The Bertz CT molecular complexity index is 613. The molecule has 0 aliphatic rings. The lowest BCUT2D eigenvalue weighted by Gasteiger charge is -2.09. The van der Waals surface area contributed by atoms with Crippen molar-refractivity contribution >= 4 is 27.5 Å². The number of amides is 1. The molecule has 0 aromatic heterocycles. The zero-order chi connectivity index (χ0) is 13.8. The van der Waals surface area contributed by atoms with E-state index >= 15 is 0 Å². The smallest absolute Gasteiger partial charge is 0.259 e. The van der Waals surface area contributed by atoms with Crippen molar-refractivity contribution in [3.8, 4) is 11.5 Å². The number of anilines is 1. The van der Waals surface area contributed by atoms with Crippen LogP contribution in [0.1, 0.15) is 10.4 Å². The molecule has 1 amide bonds. The quantitative estimate of drug-likeness (QED) is 0.910. The summed E-state index contributed by atoms with van der Waals surface area (Å²) >= 11 is 3.33. The van der Waals surface area contributed by atoms with Crippen LogP contribution >= 0.6 is 15.9 Å². The number of ether oxygens (including phenoxy) is 1. The number of carbonyl (C=O) groups is 1. The van der Waals surface area contributed by atoms with Gasteiger partial charge in [-0.1, -0.05) is 28.1 Å². The molecule has 0 bridgehead atoms. The number of para-hydroxylation sites is 1. The first-order valence-electron chi connectivity index (χ1n) is 5.54. The fraction of sp³-hybridized carbons (Fsp3) is 0.0714. The normalized spacial score (nSPS) is 10.0. The molecule has 0 aliphatic heterocycles. The number of rotatable bonds is 3. The second-order valence-electron chi connectivity index (χ2n) is 3.85. The van der Waals surface area contributed by atoms with Crippen molar-refractivity contribution < 1.29 is 14.6 Å². The zero-order valence-corrected chi connectivity index (χ0v) is 11.8. The van der Waals surface area contributed by atoms with Gasteiger partial charge >= 0.3 is 0 Å². The highest BCUT2D eigenvalue weighted by atomic mass is 79.9. The minimum Gasteiger partial charge on any atom is -0.507 e. The maximum Gasteiger partial charge on any atom is 0.259 e. The Morgan fingerprint density at radius 1 is 1.26 bits per heavy atom. The number of phenols is 1. The summed E-state index contributed by atoms with van der Waals surface area (Å²) in [7, 11) is 1.55. The number of nitrogens with one attached hydrogen (secondary N) is 1. The Balaban J connectivity index is 2.24. The van der Waals surface area contributed by atoms with E-state index < -0.39 is 0 Å². The Kier molecular flexibility index (Phi) is 4.06. The van der Waals surface area contributed by atoms with E-state index in [1.165, 1.54) is 6.07 Å². The summed E-state index contributed by atoms with van der Waals surface area (Å²) in [5, 5.41) is 12.3. The zero-order valence-electron chi connectivity index (χ0n) is 10.2. The first-order chi connectivity index (χ1) is 9.10. The number of halogens is 1. The van der Waals surface area contributed by atoms with Gasteiger partial charge in [-0.25, -0.2) is 0 Å². The monoisotopic (exact) mass is 321 g/mol. The molecule has 0 fully saturated rings. The predicted octanol–water partition coefficient (Wildman–Crippen LogP) is 3.42. The summed E-state index contributed by atoms with van der Waals surface area (Å²) in [4.78, 5) is 12.0. The van der Waals surface area contributed by atoms with Crippen LogP contribution in [0, 0.1) is 0 Å². The van der Waals surface area contributed by atoms with Gasteiger partial charge < -0.3 is 15.2 Å². The van der Waals surface area contributed by atoms with Crippen molar-refractivity contribution in [2.75, 3.05) is 12.4 Å². The highest BCUT2D eigenvalue weighted by Crippen LogP contribution is 2.25.